The van der Waals surface area contributed by atoms with Crippen LogP contribution in [-0.4, -0.2) is 18.5 Å². The molecule has 3 aromatic rings. The van der Waals surface area contributed by atoms with Crippen LogP contribution in [0.4, 0.5) is 22.7 Å². The van der Waals surface area contributed by atoms with Crippen LogP contribution in [0.15, 0.2) is 95.7 Å². The largest absolute Gasteiger partial charge is 0.371 e. The van der Waals surface area contributed by atoms with Gasteiger partial charge in [0.15, 0.2) is 0 Å². The van der Waals surface area contributed by atoms with Crippen molar-refractivity contribution in [2.75, 3.05) is 18.5 Å². The summed E-state index contributed by atoms with van der Waals surface area (Å²) in [5, 5.41) is 19.3. The molecule has 0 saturated heterocycles. The Morgan fingerprint density at radius 2 is 1.28 bits per heavy atom. The third kappa shape index (κ3) is 7.32. The Labute approximate surface area is 190 Å². The second kappa shape index (κ2) is 12.6. The molecule has 0 radical (unpaired) electrons. The number of non-ortho nitro benzene ring substituents is 1. The molecule has 6 nitrogen and oxygen atoms in total. The van der Waals surface area contributed by atoms with Crippen LogP contribution in [0, 0.1) is 10.1 Å². The molecule has 0 spiro atoms. The number of nitrogens with zero attached hydrogens (tertiary/aromatic N) is 4. The van der Waals surface area contributed by atoms with Gasteiger partial charge in [0, 0.05) is 31.4 Å². The molecular weight excluding hydrogens is 400 g/mol. The van der Waals surface area contributed by atoms with Crippen LogP contribution < -0.4 is 4.90 Å². The summed E-state index contributed by atoms with van der Waals surface area (Å²) in [7, 11) is 2.01. The van der Waals surface area contributed by atoms with E-state index in [9.17, 15) is 10.1 Å². The Bertz CT molecular complexity index is 1050. The fraction of sp³-hybridized carbons (Fsp3) is 0.154. The molecule has 32 heavy (non-hydrogen) atoms. The number of hydrogen-bond donors (Lipinski definition) is 0. The Balaban J connectivity index is 0.00000256. The van der Waals surface area contributed by atoms with E-state index in [2.05, 4.69) is 21.7 Å². The Kier molecular flexibility index (Phi) is 10.2. The predicted octanol–water partition coefficient (Wildman–Crippen LogP) is 8.08. The molecule has 0 atom stereocenters. The molecule has 0 aliphatic carbocycles. The standard InChI is InChI=1S/C24H22N4O2.2CH4/c1-3-18-27(2)23-16-12-22(13-17-23)26-25-21-10-6-19(7-11-21)4-5-20-8-14-24(15-9-20)28(29)30;;/h3-17H,1,18H2,2H3;2*1H4. The minimum atomic E-state index is -0.406. The van der Waals surface area contributed by atoms with Gasteiger partial charge in [0.05, 0.1) is 16.3 Å². The number of hydrogen-bond acceptors (Lipinski definition) is 5. The fourth-order valence-corrected chi connectivity index (χ4v) is 2.74. The predicted molar refractivity (Wildman–Crippen MR) is 136 cm³/mol. The first kappa shape index (κ1) is 26.0. The molecule has 0 amide bonds. The molecule has 0 unspecified atom stereocenters. The molecule has 3 rings (SSSR count). The highest BCUT2D eigenvalue weighted by Crippen LogP contribution is 2.22. The van der Waals surface area contributed by atoms with E-state index >= 15 is 0 Å². The van der Waals surface area contributed by atoms with Crippen molar-refractivity contribution in [3.8, 4) is 0 Å². The lowest BCUT2D eigenvalue weighted by atomic mass is 10.1. The van der Waals surface area contributed by atoms with Gasteiger partial charge in [0.25, 0.3) is 5.69 Å². The van der Waals surface area contributed by atoms with Gasteiger partial charge in [0.2, 0.25) is 0 Å². The smallest absolute Gasteiger partial charge is 0.269 e. The molecule has 0 bridgehead atoms. The van der Waals surface area contributed by atoms with E-state index in [4.69, 9.17) is 0 Å². The zero-order chi connectivity index (χ0) is 21.3. The first-order chi connectivity index (χ1) is 14.5. The Hall–Kier alpha value is -4.06. The van der Waals surface area contributed by atoms with Gasteiger partial charge in [-0.3, -0.25) is 10.1 Å². The summed E-state index contributed by atoms with van der Waals surface area (Å²) in [5.74, 6) is 0. The van der Waals surface area contributed by atoms with E-state index in [0.29, 0.717) is 0 Å². The molecule has 0 fully saturated rings. The van der Waals surface area contributed by atoms with Crippen LogP contribution in [0.1, 0.15) is 26.0 Å². The van der Waals surface area contributed by atoms with E-state index in [1.54, 1.807) is 12.1 Å². The fourth-order valence-electron chi connectivity index (χ4n) is 2.74. The van der Waals surface area contributed by atoms with Crippen LogP contribution >= 0.6 is 0 Å². The van der Waals surface area contributed by atoms with Crippen molar-refractivity contribution in [3.63, 3.8) is 0 Å². The van der Waals surface area contributed by atoms with Crippen LogP contribution in [0.25, 0.3) is 12.2 Å². The number of azo groups is 1. The molecule has 0 heterocycles. The second-order valence-corrected chi connectivity index (χ2v) is 6.66. The highest BCUT2D eigenvalue weighted by Gasteiger charge is 2.02. The minimum absolute atomic E-state index is 0. The summed E-state index contributed by atoms with van der Waals surface area (Å²) in [6.07, 6.45) is 5.71. The van der Waals surface area contributed by atoms with Crippen molar-refractivity contribution >= 4 is 34.9 Å². The molecule has 0 N–H and O–H groups in total. The minimum Gasteiger partial charge on any atom is -0.371 e. The lowest BCUT2D eigenvalue weighted by Gasteiger charge is -2.16. The molecule has 3 aromatic carbocycles. The topological polar surface area (TPSA) is 71.1 Å². The SMILES string of the molecule is C.C.C=CCN(C)c1ccc(N=Nc2ccc(C=Cc3ccc([N+](=O)[O-])cc3)cc2)cc1. The summed E-state index contributed by atoms with van der Waals surface area (Å²) in [5.41, 5.74) is 4.62. The normalized spacial score (nSPS) is 10.4. The van der Waals surface area contributed by atoms with Gasteiger partial charge in [-0.25, -0.2) is 0 Å². The molecular formula is C26H30N4O2. The van der Waals surface area contributed by atoms with Crippen molar-refractivity contribution in [1.29, 1.82) is 0 Å². The lowest BCUT2D eigenvalue weighted by molar-refractivity contribution is -0.384. The number of rotatable bonds is 8. The van der Waals surface area contributed by atoms with Crippen LogP contribution in [0.2, 0.25) is 0 Å². The maximum Gasteiger partial charge on any atom is 0.269 e. The first-order valence-electron chi connectivity index (χ1n) is 9.41. The number of benzene rings is 3. The average Bonchev–Trinajstić information content (AvgIpc) is 2.78. The van der Waals surface area contributed by atoms with Crippen molar-refractivity contribution in [3.05, 3.63) is 107 Å². The molecule has 166 valence electrons. The maximum atomic E-state index is 10.7. The van der Waals surface area contributed by atoms with Gasteiger partial charge in [-0.1, -0.05) is 45.2 Å². The number of nitro groups is 1. The zero-order valence-electron chi connectivity index (χ0n) is 16.7. The van der Waals surface area contributed by atoms with Gasteiger partial charge in [-0.2, -0.15) is 10.2 Å². The van der Waals surface area contributed by atoms with E-state index in [1.807, 2.05) is 73.8 Å². The van der Waals surface area contributed by atoms with E-state index in [1.165, 1.54) is 12.1 Å². The van der Waals surface area contributed by atoms with Crippen molar-refractivity contribution in [1.82, 2.24) is 0 Å². The molecule has 0 aliphatic heterocycles. The highest BCUT2D eigenvalue weighted by molar-refractivity contribution is 5.70. The zero-order valence-corrected chi connectivity index (χ0v) is 16.7. The Morgan fingerprint density at radius 3 is 1.72 bits per heavy atom. The Morgan fingerprint density at radius 1 is 0.844 bits per heavy atom. The monoisotopic (exact) mass is 430 g/mol. The molecule has 6 heteroatoms. The third-order valence-corrected chi connectivity index (χ3v) is 4.44. The second-order valence-electron chi connectivity index (χ2n) is 6.66. The highest BCUT2D eigenvalue weighted by atomic mass is 16.6. The average molecular weight is 431 g/mol. The van der Waals surface area contributed by atoms with Crippen molar-refractivity contribution in [2.24, 2.45) is 10.2 Å². The number of anilines is 1. The van der Waals surface area contributed by atoms with E-state index in [0.717, 1.165) is 34.7 Å². The number of nitro benzene ring substituents is 1. The van der Waals surface area contributed by atoms with Gasteiger partial charge in [-0.05, 0) is 59.7 Å². The molecule has 0 aliphatic rings. The summed E-state index contributed by atoms with van der Waals surface area (Å²) >= 11 is 0. The van der Waals surface area contributed by atoms with Gasteiger partial charge in [-0.15, -0.1) is 6.58 Å². The summed E-state index contributed by atoms with van der Waals surface area (Å²) < 4.78 is 0. The quantitative estimate of drug-likeness (QED) is 0.119. The summed E-state index contributed by atoms with van der Waals surface area (Å²) in [4.78, 5) is 12.4. The van der Waals surface area contributed by atoms with Gasteiger partial charge >= 0.3 is 0 Å². The third-order valence-electron chi connectivity index (χ3n) is 4.44. The van der Waals surface area contributed by atoms with Crippen LogP contribution in [0.3, 0.4) is 0 Å². The molecule has 0 aromatic heterocycles. The summed E-state index contributed by atoms with van der Waals surface area (Å²) in [6.45, 7) is 4.53. The first-order valence-corrected chi connectivity index (χ1v) is 9.41. The van der Waals surface area contributed by atoms with Gasteiger partial charge in [0.1, 0.15) is 0 Å². The summed E-state index contributed by atoms with van der Waals surface area (Å²) in [6, 6.07) is 22.0. The van der Waals surface area contributed by atoms with Crippen molar-refractivity contribution in [2.45, 2.75) is 14.9 Å². The number of likely N-dealkylation sites (N-methyl/N-ethyl adjacent to an activating group) is 1. The maximum absolute atomic E-state index is 10.7. The lowest BCUT2D eigenvalue weighted by Crippen LogP contribution is -2.15. The van der Waals surface area contributed by atoms with Crippen molar-refractivity contribution < 1.29 is 4.92 Å². The van der Waals surface area contributed by atoms with Crippen LogP contribution in [-0.2, 0) is 0 Å². The van der Waals surface area contributed by atoms with E-state index in [-0.39, 0.29) is 20.5 Å². The molecule has 0 saturated carbocycles. The van der Waals surface area contributed by atoms with Crippen LogP contribution in [0.5, 0.6) is 0 Å². The van der Waals surface area contributed by atoms with E-state index < -0.39 is 4.92 Å². The van der Waals surface area contributed by atoms with Gasteiger partial charge < -0.3 is 4.90 Å².